The van der Waals surface area contributed by atoms with E-state index < -0.39 is 7.82 Å². The summed E-state index contributed by atoms with van der Waals surface area (Å²) in [5.41, 5.74) is 0. The molecule has 0 heterocycles. The van der Waals surface area contributed by atoms with E-state index >= 15 is 0 Å². The van der Waals surface area contributed by atoms with Crippen molar-refractivity contribution in [1.29, 1.82) is 0 Å². The van der Waals surface area contributed by atoms with E-state index in [1.54, 1.807) is 0 Å². The predicted molar refractivity (Wildman–Crippen MR) is 15.4 cm³/mol. The molecule has 0 aliphatic heterocycles. The molecular formula is H4NaO4PTa. The molecule has 0 aliphatic rings. The second kappa shape index (κ2) is 5.98. The van der Waals surface area contributed by atoms with E-state index in [2.05, 4.69) is 0 Å². The maximum Gasteiger partial charge on any atom is 1.00 e. The number of phosphoric acid groups is 1. The zero-order chi connectivity index (χ0) is 4.50. The maximum atomic E-state index is 8.88. The first-order valence-electron chi connectivity index (χ1n) is 0.783. The van der Waals surface area contributed by atoms with Gasteiger partial charge in [-0.2, -0.15) is 0 Å². The fraction of sp³-hybridized carbons (Fsp3) is 0. The van der Waals surface area contributed by atoms with Crippen LogP contribution in [0.2, 0.25) is 0 Å². The molecule has 0 rings (SSSR count). The molecule has 0 aromatic rings. The van der Waals surface area contributed by atoms with Gasteiger partial charge in [-0.15, -0.1) is 0 Å². The molecule has 4 nitrogen and oxygen atoms in total. The minimum Gasteiger partial charge on any atom is -1.00 e. The van der Waals surface area contributed by atoms with Crippen LogP contribution in [0, 0.1) is 0 Å². The zero-order valence-electron chi connectivity index (χ0n) is 4.64. The van der Waals surface area contributed by atoms with Crippen LogP contribution in [0.1, 0.15) is 1.43 Å². The summed E-state index contributed by atoms with van der Waals surface area (Å²) in [6.45, 7) is 0. The van der Waals surface area contributed by atoms with Crippen LogP contribution >= 0.6 is 7.82 Å². The molecule has 0 amide bonds. The van der Waals surface area contributed by atoms with Crippen LogP contribution in [0.3, 0.4) is 0 Å². The van der Waals surface area contributed by atoms with Gasteiger partial charge in [0.2, 0.25) is 0 Å². The zero-order valence-corrected chi connectivity index (χ0v) is 9.75. The van der Waals surface area contributed by atoms with Crippen molar-refractivity contribution >= 4 is 7.82 Å². The van der Waals surface area contributed by atoms with Crippen molar-refractivity contribution in [2.45, 2.75) is 0 Å². The Kier molecular flexibility index (Phi) is 13.6. The van der Waals surface area contributed by atoms with Crippen molar-refractivity contribution < 1.29 is 72.6 Å². The molecule has 0 unspecified atom stereocenters. The van der Waals surface area contributed by atoms with Gasteiger partial charge in [0.15, 0.2) is 0 Å². The van der Waals surface area contributed by atoms with E-state index in [1.165, 1.54) is 0 Å². The molecule has 0 spiro atoms. The SMILES string of the molecule is O=P(O)(O)O.[H-].[Na+].[Ta]. The first kappa shape index (κ1) is 15.9. The van der Waals surface area contributed by atoms with E-state index in [1.807, 2.05) is 0 Å². The normalized spacial score (nSPS) is 8.43. The van der Waals surface area contributed by atoms with Gasteiger partial charge in [0.1, 0.15) is 0 Å². The Morgan fingerprint density at radius 1 is 1.29 bits per heavy atom. The summed E-state index contributed by atoms with van der Waals surface area (Å²) in [6.07, 6.45) is 0. The molecule has 7 heteroatoms. The summed E-state index contributed by atoms with van der Waals surface area (Å²) >= 11 is 0. The standard InChI is InChI=1S/Na.H3O4P.Ta.H/c;1-5(2,3)4;;/h;(H3,1,2,3,4);;/q+1;;;-1. The van der Waals surface area contributed by atoms with Crippen molar-refractivity contribution in [3.63, 3.8) is 0 Å². The van der Waals surface area contributed by atoms with Gasteiger partial charge in [0.05, 0.1) is 0 Å². The molecule has 3 N–H and O–H groups in total. The van der Waals surface area contributed by atoms with Crippen molar-refractivity contribution in [3.8, 4) is 0 Å². The summed E-state index contributed by atoms with van der Waals surface area (Å²) in [5, 5.41) is 0. The minimum absolute atomic E-state index is 0. The summed E-state index contributed by atoms with van der Waals surface area (Å²) in [7, 11) is -4.64. The molecule has 1 radical (unpaired) electrons. The molecule has 7 heavy (non-hydrogen) atoms. The fourth-order valence-corrected chi connectivity index (χ4v) is 0. The first-order valence-corrected chi connectivity index (χ1v) is 2.35. The summed E-state index contributed by atoms with van der Waals surface area (Å²) in [4.78, 5) is 21.6. The summed E-state index contributed by atoms with van der Waals surface area (Å²) in [6, 6.07) is 0. The van der Waals surface area contributed by atoms with Gasteiger partial charge in [-0.05, 0) is 0 Å². The molecule has 0 atom stereocenters. The third-order valence-corrected chi connectivity index (χ3v) is 0. The van der Waals surface area contributed by atoms with Crippen LogP contribution in [-0.4, -0.2) is 14.7 Å². The third-order valence-electron chi connectivity index (χ3n) is 0. The number of rotatable bonds is 0. The van der Waals surface area contributed by atoms with Gasteiger partial charge < -0.3 is 16.1 Å². The van der Waals surface area contributed by atoms with Crippen LogP contribution in [0.4, 0.5) is 0 Å². The van der Waals surface area contributed by atoms with Gasteiger partial charge in [0.25, 0.3) is 0 Å². The van der Waals surface area contributed by atoms with Crippen LogP contribution in [0.25, 0.3) is 0 Å². The average Bonchev–Trinajstić information content (AvgIpc) is 0.722. The number of hydrogen-bond acceptors (Lipinski definition) is 1. The van der Waals surface area contributed by atoms with E-state index in [4.69, 9.17) is 19.2 Å². The Labute approximate surface area is 79.8 Å². The molecular weight excluding hydrogens is 299 g/mol. The van der Waals surface area contributed by atoms with Crippen molar-refractivity contribution in [2.75, 3.05) is 0 Å². The second-order valence-electron chi connectivity index (χ2n) is 0.513. The molecule has 0 saturated carbocycles. The van der Waals surface area contributed by atoms with E-state index in [0.29, 0.717) is 0 Å². The monoisotopic (exact) mass is 303 g/mol. The predicted octanol–water partition coefficient (Wildman–Crippen LogP) is -3.81. The van der Waals surface area contributed by atoms with E-state index in [9.17, 15) is 0 Å². The second-order valence-corrected chi connectivity index (χ2v) is 1.54. The van der Waals surface area contributed by atoms with Gasteiger partial charge in [-0.25, -0.2) is 4.57 Å². The molecule has 0 aromatic heterocycles. The first-order chi connectivity index (χ1) is 2.00. The topological polar surface area (TPSA) is 77.8 Å². The number of hydrogen-bond donors (Lipinski definition) is 3. The average molecular weight is 303 g/mol. The van der Waals surface area contributed by atoms with Crippen molar-refractivity contribution in [2.24, 2.45) is 0 Å². The van der Waals surface area contributed by atoms with Gasteiger partial charge in [-0.1, -0.05) is 0 Å². The van der Waals surface area contributed by atoms with Crippen LogP contribution in [-0.2, 0) is 26.9 Å². The molecule has 0 bridgehead atoms. The Morgan fingerprint density at radius 3 is 1.29 bits per heavy atom. The third kappa shape index (κ3) is 78.5. The van der Waals surface area contributed by atoms with Gasteiger partial charge >= 0.3 is 37.4 Å². The Balaban J connectivity index is -0.0000000267. The fourth-order valence-electron chi connectivity index (χ4n) is 0. The molecule has 0 fully saturated rings. The quantitative estimate of drug-likeness (QED) is 0.317. The van der Waals surface area contributed by atoms with Crippen LogP contribution in [0.15, 0.2) is 0 Å². The van der Waals surface area contributed by atoms with Crippen LogP contribution < -0.4 is 29.6 Å². The van der Waals surface area contributed by atoms with E-state index in [-0.39, 0.29) is 53.4 Å². The Morgan fingerprint density at radius 2 is 1.29 bits per heavy atom. The molecule has 0 aliphatic carbocycles. The molecule has 39 valence electrons. The Bertz CT molecular complexity index is 62.2. The molecule has 0 aromatic carbocycles. The van der Waals surface area contributed by atoms with Crippen LogP contribution in [0.5, 0.6) is 0 Å². The Hall–Kier alpha value is 1.85. The minimum atomic E-state index is -4.64. The molecule has 0 saturated heterocycles. The van der Waals surface area contributed by atoms with E-state index in [0.717, 1.165) is 0 Å². The summed E-state index contributed by atoms with van der Waals surface area (Å²) < 4.78 is 8.88. The van der Waals surface area contributed by atoms with Gasteiger partial charge in [-0.3, -0.25) is 0 Å². The summed E-state index contributed by atoms with van der Waals surface area (Å²) in [5.74, 6) is 0. The van der Waals surface area contributed by atoms with Crippen molar-refractivity contribution in [1.82, 2.24) is 0 Å². The largest absolute Gasteiger partial charge is 1.00 e. The maximum absolute atomic E-state index is 8.88. The van der Waals surface area contributed by atoms with Gasteiger partial charge in [0, 0.05) is 22.4 Å². The van der Waals surface area contributed by atoms with Crippen molar-refractivity contribution in [3.05, 3.63) is 0 Å². The smallest absolute Gasteiger partial charge is 1.00 e.